The van der Waals surface area contributed by atoms with Gasteiger partial charge in [0, 0.05) is 34.1 Å². The van der Waals surface area contributed by atoms with Gasteiger partial charge in [0.2, 0.25) is 11.8 Å². The van der Waals surface area contributed by atoms with Crippen LogP contribution in [0.4, 0.5) is 10.0 Å². The van der Waals surface area contributed by atoms with E-state index in [1.807, 2.05) is 27.7 Å². The van der Waals surface area contributed by atoms with Crippen molar-refractivity contribution >= 4 is 68.2 Å². The first-order chi connectivity index (χ1) is 15.6. The Balaban J connectivity index is 1.79. The van der Waals surface area contributed by atoms with Crippen LogP contribution in [0.15, 0.2) is 0 Å². The molecule has 2 aromatic heterocycles. The van der Waals surface area contributed by atoms with Crippen molar-refractivity contribution in [3.63, 3.8) is 0 Å². The van der Waals surface area contributed by atoms with Crippen LogP contribution >= 0.6 is 34.4 Å². The number of hydrogen-bond donors (Lipinski definition) is 2. The molecule has 0 saturated carbocycles. The second kappa shape index (κ2) is 12.2. The Labute approximate surface area is 205 Å². The number of ether oxygens (including phenoxy) is 2. The second-order valence-electron chi connectivity index (χ2n) is 7.17. The maximum atomic E-state index is 12.3. The third kappa shape index (κ3) is 6.81. The van der Waals surface area contributed by atoms with Gasteiger partial charge in [0.25, 0.3) is 0 Å². The predicted octanol–water partition coefficient (Wildman–Crippen LogP) is 4.71. The lowest BCUT2D eigenvalue weighted by Crippen LogP contribution is -2.16. The van der Waals surface area contributed by atoms with E-state index in [0.29, 0.717) is 32.6 Å². The summed E-state index contributed by atoms with van der Waals surface area (Å²) in [6.07, 6.45) is 0.497. The van der Waals surface area contributed by atoms with E-state index in [-0.39, 0.29) is 24.7 Å². The minimum atomic E-state index is -0.473. The zero-order chi connectivity index (χ0) is 24.7. The summed E-state index contributed by atoms with van der Waals surface area (Å²) >= 11 is 4.17. The van der Waals surface area contributed by atoms with E-state index >= 15 is 0 Å². The van der Waals surface area contributed by atoms with Gasteiger partial charge in [-0.2, -0.15) is 11.8 Å². The molecule has 0 aliphatic carbocycles. The SMILES string of the molecule is COC(=O)c1c(NC(=O)CCSCCC(=O)Nc2sc(C)c(C)c2C(=O)OC)sc(C)c1C. The summed E-state index contributed by atoms with van der Waals surface area (Å²) in [6.45, 7) is 7.41. The number of methoxy groups -OCH3 is 2. The van der Waals surface area contributed by atoms with Crippen molar-refractivity contribution in [3.8, 4) is 0 Å². The molecule has 0 aliphatic heterocycles. The van der Waals surface area contributed by atoms with Crippen molar-refractivity contribution in [2.75, 3.05) is 36.4 Å². The van der Waals surface area contributed by atoms with Crippen LogP contribution in [0.5, 0.6) is 0 Å². The molecule has 0 radical (unpaired) electrons. The number of aryl methyl sites for hydroxylation is 2. The molecule has 8 nitrogen and oxygen atoms in total. The van der Waals surface area contributed by atoms with Gasteiger partial charge in [-0.05, 0) is 38.8 Å². The maximum absolute atomic E-state index is 12.3. The van der Waals surface area contributed by atoms with Crippen molar-refractivity contribution < 1.29 is 28.7 Å². The third-order valence-corrected chi connectivity index (χ3v) is 8.23. The standard InChI is InChI=1S/C22H28N2O6S3/c1-11-13(3)32-19(17(11)21(27)29-5)23-15(25)7-9-31-10-8-16(26)24-20-18(22(28)30-6)12(2)14(4)33-20/h7-10H2,1-6H3,(H,23,25)(H,24,26). The molecule has 2 rings (SSSR count). The Hall–Kier alpha value is -2.37. The summed E-state index contributed by atoms with van der Waals surface area (Å²) < 4.78 is 9.63. The number of rotatable bonds is 10. The van der Waals surface area contributed by atoms with Gasteiger partial charge in [-0.3, -0.25) is 9.59 Å². The molecule has 0 spiro atoms. The molecule has 2 aromatic rings. The van der Waals surface area contributed by atoms with Crippen LogP contribution < -0.4 is 10.6 Å². The van der Waals surface area contributed by atoms with E-state index in [1.165, 1.54) is 48.7 Å². The summed E-state index contributed by atoms with van der Waals surface area (Å²) in [7, 11) is 2.62. The minimum absolute atomic E-state index is 0.203. The van der Waals surface area contributed by atoms with Gasteiger partial charge < -0.3 is 20.1 Å². The molecular formula is C22H28N2O6S3. The molecule has 0 aliphatic rings. The zero-order valence-electron chi connectivity index (χ0n) is 19.5. The Morgan fingerprint density at radius 3 is 1.42 bits per heavy atom. The minimum Gasteiger partial charge on any atom is -0.465 e. The average molecular weight is 513 g/mol. The van der Waals surface area contributed by atoms with Gasteiger partial charge in [-0.1, -0.05) is 0 Å². The van der Waals surface area contributed by atoms with Gasteiger partial charge in [-0.25, -0.2) is 9.59 Å². The lowest BCUT2D eigenvalue weighted by molar-refractivity contribution is -0.116. The molecule has 0 fully saturated rings. The molecule has 2 N–H and O–H groups in total. The van der Waals surface area contributed by atoms with Gasteiger partial charge in [0.1, 0.15) is 10.0 Å². The Morgan fingerprint density at radius 1 is 0.727 bits per heavy atom. The molecule has 180 valence electrons. The van der Waals surface area contributed by atoms with Crippen LogP contribution in [0.1, 0.15) is 54.4 Å². The van der Waals surface area contributed by atoms with Gasteiger partial charge >= 0.3 is 11.9 Å². The van der Waals surface area contributed by atoms with Crippen LogP contribution in [0.25, 0.3) is 0 Å². The van der Waals surface area contributed by atoms with E-state index in [2.05, 4.69) is 10.6 Å². The third-order valence-electron chi connectivity index (χ3n) is 5.00. The molecule has 33 heavy (non-hydrogen) atoms. The highest BCUT2D eigenvalue weighted by atomic mass is 32.2. The number of carbonyl (C=O) groups excluding carboxylic acids is 4. The Bertz CT molecular complexity index is 975. The predicted molar refractivity (Wildman–Crippen MR) is 134 cm³/mol. The molecule has 2 heterocycles. The number of thiophene rings is 2. The quantitative estimate of drug-likeness (QED) is 0.350. The Morgan fingerprint density at radius 2 is 1.09 bits per heavy atom. The number of anilines is 2. The van der Waals surface area contributed by atoms with Gasteiger partial charge in [0.15, 0.2) is 0 Å². The summed E-state index contributed by atoms with van der Waals surface area (Å²) in [4.78, 5) is 50.5. The van der Waals surface area contributed by atoms with Crippen molar-refractivity contribution in [1.29, 1.82) is 0 Å². The van der Waals surface area contributed by atoms with E-state index in [0.717, 1.165) is 20.9 Å². The fourth-order valence-electron chi connectivity index (χ4n) is 2.94. The summed E-state index contributed by atoms with van der Waals surface area (Å²) in [5, 5.41) is 6.58. The number of esters is 2. The largest absolute Gasteiger partial charge is 0.465 e. The van der Waals surface area contributed by atoms with Crippen LogP contribution in [0.3, 0.4) is 0 Å². The molecule has 0 bridgehead atoms. The number of amides is 2. The first kappa shape index (κ1) is 26.9. The molecule has 0 saturated heterocycles. The molecule has 0 atom stereocenters. The summed E-state index contributed by atoms with van der Waals surface area (Å²) in [5.74, 6) is -0.296. The van der Waals surface area contributed by atoms with Gasteiger partial charge in [0.05, 0.1) is 25.3 Å². The highest BCUT2D eigenvalue weighted by Crippen LogP contribution is 2.34. The lowest BCUT2D eigenvalue weighted by Gasteiger charge is -2.07. The molecular weight excluding hydrogens is 484 g/mol. The number of thioether (sulfide) groups is 1. The van der Waals surface area contributed by atoms with Crippen LogP contribution in [0, 0.1) is 27.7 Å². The van der Waals surface area contributed by atoms with Crippen molar-refractivity contribution in [1.82, 2.24) is 0 Å². The normalized spacial score (nSPS) is 10.6. The van der Waals surface area contributed by atoms with Crippen LogP contribution in [-0.4, -0.2) is 49.5 Å². The van der Waals surface area contributed by atoms with E-state index < -0.39 is 11.9 Å². The number of carbonyl (C=O) groups is 4. The van der Waals surface area contributed by atoms with Crippen LogP contribution in [0.2, 0.25) is 0 Å². The highest BCUT2D eigenvalue weighted by molar-refractivity contribution is 7.99. The molecule has 2 amide bonds. The first-order valence-corrected chi connectivity index (χ1v) is 12.9. The van der Waals surface area contributed by atoms with Crippen LogP contribution in [-0.2, 0) is 19.1 Å². The monoisotopic (exact) mass is 512 g/mol. The lowest BCUT2D eigenvalue weighted by atomic mass is 10.1. The van der Waals surface area contributed by atoms with Crippen molar-refractivity contribution in [3.05, 3.63) is 32.0 Å². The number of nitrogens with one attached hydrogen (secondary N) is 2. The second-order valence-corrected chi connectivity index (χ2v) is 10.8. The number of hydrogen-bond acceptors (Lipinski definition) is 9. The smallest absolute Gasteiger partial charge is 0.341 e. The summed E-state index contributed by atoms with van der Waals surface area (Å²) in [5.41, 5.74) is 2.38. The fraction of sp³-hybridized carbons (Fsp3) is 0.455. The van der Waals surface area contributed by atoms with E-state index in [1.54, 1.807) is 0 Å². The first-order valence-electron chi connectivity index (χ1n) is 10.1. The van der Waals surface area contributed by atoms with E-state index in [9.17, 15) is 19.2 Å². The molecule has 0 unspecified atom stereocenters. The van der Waals surface area contributed by atoms with E-state index in [4.69, 9.17) is 9.47 Å². The highest BCUT2D eigenvalue weighted by Gasteiger charge is 2.22. The summed E-state index contributed by atoms with van der Waals surface area (Å²) in [6, 6.07) is 0. The maximum Gasteiger partial charge on any atom is 0.341 e. The topological polar surface area (TPSA) is 111 Å². The molecule has 11 heteroatoms. The van der Waals surface area contributed by atoms with Gasteiger partial charge in [-0.15, -0.1) is 22.7 Å². The average Bonchev–Trinajstić information content (AvgIpc) is 3.20. The molecule has 0 aromatic carbocycles. The van der Waals surface area contributed by atoms with Crippen molar-refractivity contribution in [2.45, 2.75) is 40.5 Å². The zero-order valence-corrected chi connectivity index (χ0v) is 22.0. The Kier molecular flexibility index (Phi) is 9.93. The van der Waals surface area contributed by atoms with Crippen molar-refractivity contribution in [2.24, 2.45) is 0 Å². The fourth-order valence-corrected chi connectivity index (χ4v) is 5.93.